The van der Waals surface area contributed by atoms with Crippen LogP contribution in [-0.2, 0) is 0 Å². The van der Waals surface area contributed by atoms with Crippen LogP contribution in [0.4, 0.5) is 0 Å². The van der Waals surface area contributed by atoms with Crippen molar-refractivity contribution in [2.24, 2.45) is 0 Å². The Balaban J connectivity index is 0.845. The van der Waals surface area contributed by atoms with Gasteiger partial charge in [0.2, 0.25) is 0 Å². The molecule has 4 nitrogen and oxygen atoms in total. The Morgan fingerprint density at radius 2 is 0.526 bits per heavy atom. The molecule has 0 saturated heterocycles. The van der Waals surface area contributed by atoms with Gasteiger partial charge in [0.1, 0.15) is 0 Å². The summed E-state index contributed by atoms with van der Waals surface area (Å²) in [6, 6.07) is 86.8. The molecule has 0 aliphatic heterocycles. The molecule has 4 heteroatoms. The molecule has 0 unspecified atom stereocenters. The highest BCUT2D eigenvalue weighted by atomic mass is 15.0. The number of hydrogen-bond acceptors (Lipinski definition) is 0. The summed E-state index contributed by atoms with van der Waals surface area (Å²) in [5, 5.41) is 9.71. The standard InChI is InChI=1S/C72H48N4/c1-4-46-29-33-69-61(39-46)57-21-7-11-25-65(57)73(69)53-19-15-17-49(41-53)51-31-35-71-63(43-51)59-23-9-13-27-67(59)75(71)55-37-48(6-3)38-56(45-55)76-68-28-14-10-24-60(68)64-44-52(32-36-72(64)76)50-18-16-20-54(42-50)74-66-26-12-8-22-58(66)62-40-47(5-2)30-34-70(62)74/h4-45H,1-3H2. The molecule has 76 heavy (non-hydrogen) atoms. The highest BCUT2D eigenvalue weighted by Crippen LogP contribution is 2.41. The monoisotopic (exact) mass is 968 g/mol. The quantitative estimate of drug-likeness (QED) is 0.137. The second-order valence-electron chi connectivity index (χ2n) is 19.9. The third-order valence-electron chi connectivity index (χ3n) is 15.8. The van der Waals surface area contributed by atoms with Crippen LogP contribution in [-0.4, -0.2) is 18.3 Å². The molecule has 0 amide bonds. The van der Waals surface area contributed by atoms with Crippen molar-refractivity contribution in [2.45, 2.75) is 0 Å². The van der Waals surface area contributed by atoms with Crippen LogP contribution in [0.1, 0.15) is 16.7 Å². The molecule has 15 aromatic rings. The molecule has 0 aliphatic rings. The van der Waals surface area contributed by atoms with E-state index < -0.39 is 0 Å². The molecule has 4 aromatic heterocycles. The first-order chi connectivity index (χ1) is 37.5. The van der Waals surface area contributed by atoms with Gasteiger partial charge in [-0.3, -0.25) is 0 Å². The number of benzene rings is 11. The molecule has 4 heterocycles. The topological polar surface area (TPSA) is 19.7 Å². The molecule has 356 valence electrons. The number of rotatable bonds is 9. The van der Waals surface area contributed by atoms with Gasteiger partial charge >= 0.3 is 0 Å². The van der Waals surface area contributed by atoms with Crippen molar-refractivity contribution in [1.82, 2.24) is 18.3 Å². The van der Waals surface area contributed by atoms with Gasteiger partial charge in [-0.25, -0.2) is 0 Å². The summed E-state index contributed by atoms with van der Waals surface area (Å²) in [6.45, 7) is 12.4. The van der Waals surface area contributed by atoms with Gasteiger partial charge in [0.25, 0.3) is 0 Å². The Hall–Kier alpha value is -10.2. The maximum Gasteiger partial charge on any atom is 0.0541 e. The zero-order valence-corrected chi connectivity index (χ0v) is 41.7. The fraction of sp³-hybridized carbons (Fsp3) is 0. The van der Waals surface area contributed by atoms with Gasteiger partial charge in [-0.15, -0.1) is 0 Å². The first-order valence-corrected chi connectivity index (χ1v) is 25.9. The van der Waals surface area contributed by atoms with Crippen LogP contribution in [0.2, 0.25) is 0 Å². The minimum absolute atomic E-state index is 1.04. The predicted molar refractivity (Wildman–Crippen MR) is 325 cm³/mol. The van der Waals surface area contributed by atoms with E-state index in [0.29, 0.717) is 0 Å². The lowest BCUT2D eigenvalue weighted by Crippen LogP contribution is -2.00. The molecule has 0 spiro atoms. The van der Waals surface area contributed by atoms with Crippen molar-refractivity contribution < 1.29 is 0 Å². The lowest BCUT2D eigenvalue weighted by atomic mass is 10.0. The number of nitrogens with zero attached hydrogens (tertiary/aromatic N) is 4. The molecule has 0 aliphatic carbocycles. The fourth-order valence-corrected chi connectivity index (χ4v) is 12.3. The summed E-state index contributed by atoms with van der Waals surface area (Å²) in [7, 11) is 0. The molecule has 0 saturated carbocycles. The van der Waals surface area contributed by atoms with E-state index in [1.54, 1.807) is 0 Å². The van der Waals surface area contributed by atoms with E-state index in [4.69, 9.17) is 0 Å². The Morgan fingerprint density at radius 3 is 0.908 bits per heavy atom. The van der Waals surface area contributed by atoms with Crippen molar-refractivity contribution in [2.75, 3.05) is 0 Å². The SMILES string of the molecule is C=Cc1cc(-n2c3ccccc3c3cc(-c4cccc(-n5c6ccccc6c6cc(C=C)ccc65)c4)ccc32)cc(-n2c3ccccc3c3cc(-c4cccc(-n5c6ccccc6c6cc(C=C)ccc65)c4)ccc32)c1. The number of para-hydroxylation sites is 4. The Kier molecular flexibility index (Phi) is 9.69. The summed E-state index contributed by atoms with van der Waals surface area (Å²) in [5.41, 5.74) is 21.6. The summed E-state index contributed by atoms with van der Waals surface area (Å²) in [5.74, 6) is 0. The summed E-state index contributed by atoms with van der Waals surface area (Å²) >= 11 is 0. The second-order valence-corrected chi connectivity index (χ2v) is 19.9. The van der Waals surface area contributed by atoms with Crippen molar-refractivity contribution in [3.05, 3.63) is 273 Å². The minimum Gasteiger partial charge on any atom is -0.309 e. The van der Waals surface area contributed by atoms with Crippen molar-refractivity contribution in [3.8, 4) is 45.0 Å². The number of aromatic nitrogens is 4. The number of fused-ring (bicyclic) bond motifs is 12. The lowest BCUT2D eigenvalue weighted by molar-refractivity contribution is 1.13. The van der Waals surface area contributed by atoms with Gasteiger partial charge in [0.05, 0.1) is 44.1 Å². The molecule has 15 rings (SSSR count). The van der Waals surface area contributed by atoms with Crippen LogP contribution in [0.25, 0.3) is 150 Å². The van der Waals surface area contributed by atoms with Crippen LogP contribution >= 0.6 is 0 Å². The Morgan fingerprint density at radius 1 is 0.211 bits per heavy atom. The average molecular weight is 969 g/mol. The second kappa shape index (κ2) is 17.0. The van der Waals surface area contributed by atoms with Crippen LogP contribution in [0.5, 0.6) is 0 Å². The molecule has 0 N–H and O–H groups in total. The van der Waals surface area contributed by atoms with Crippen LogP contribution in [0.3, 0.4) is 0 Å². The average Bonchev–Trinajstić information content (AvgIpc) is 4.24. The lowest BCUT2D eigenvalue weighted by Gasteiger charge is -2.15. The minimum atomic E-state index is 1.04. The molecular weight excluding hydrogens is 921 g/mol. The van der Waals surface area contributed by atoms with E-state index in [1.807, 2.05) is 18.2 Å². The smallest absolute Gasteiger partial charge is 0.0541 e. The van der Waals surface area contributed by atoms with Crippen LogP contribution in [0, 0.1) is 0 Å². The normalized spacial score (nSPS) is 11.8. The highest BCUT2D eigenvalue weighted by Gasteiger charge is 2.20. The maximum atomic E-state index is 4.32. The first kappa shape index (κ1) is 43.4. The van der Waals surface area contributed by atoms with Gasteiger partial charge in [-0.05, 0) is 154 Å². The van der Waals surface area contributed by atoms with E-state index in [0.717, 1.165) is 83.8 Å². The molecule has 11 aromatic carbocycles. The Labute approximate surface area is 439 Å². The van der Waals surface area contributed by atoms with Crippen LogP contribution in [0.15, 0.2) is 256 Å². The predicted octanol–water partition coefficient (Wildman–Crippen LogP) is 19.3. The van der Waals surface area contributed by atoms with Crippen molar-refractivity contribution in [1.29, 1.82) is 0 Å². The highest BCUT2D eigenvalue weighted by molar-refractivity contribution is 6.14. The maximum absolute atomic E-state index is 4.32. The van der Waals surface area contributed by atoms with Gasteiger partial charge in [0, 0.05) is 65.8 Å². The van der Waals surface area contributed by atoms with Gasteiger partial charge in [-0.2, -0.15) is 0 Å². The van der Waals surface area contributed by atoms with E-state index >= 15 is 0 Å². The molecule has 0 fully saturated rings. The zero-order valence-electron chi connectivity index (χ0n) is 41.7. The molecular formula is C72H48N4. The van der Waals surface area contributed by atoms with Gasteiger partial charge in [-0.1, -0.05) is 159 Å². The van der Waals surface area contributed by atoms with Gasteiger partial charge < -0.3 is 18.3 Å². The molecule has 0 atom stereocenters. The summed E-state index contributed by atoms with van der Waals surface area (Å²) in [4.78, 5) is 0. The van der Waals surface area contributed by atoms with E-state index in [9.17, 15) is 0 Å². The van der Waals surface area contributed by atoms with Crippen molar-refractivity contribution in [3.63, 3.8) is 0 Å². The summed E-state index contributed by atoms with van der Waals surface area (Å²) in [6.07, 6.45) is 5.81. The summed E-state index contributed by atoms with van der Waals surface area (Å²) < 4.78 is 9.62. The molecule has 0 bridgehead atoms. The Bertz CT molecular complexity index is 4640. The third-order valence-corrected chi connectivity index (χ3v) is 15.8. The zero-order chi connectivity index (χ0) is 50.6. The van der Waals surface area contributed by atoms with Gasteiger partial charge in [0.15, 0.2) is 0 Å². The first-order valence-electron chi connectivity index (χ1n) is 25.9. The van der Waals surface area contributed by atoms with Crippen LogP contribution < -0.4 is 0 Å². The van der Waals surface area contributed by atoms with E-state index in [2.05, 4.69) is 275 Å². The molecule has 0 radical (unpaired) electrons. The van der Waals surface area contributed by atoms with E-state index in [1.165, 1.54) is 65.2 Å². The third kappa shape index (κ3) is 6.57. The number of hydrogen-bond donors (Lipinski definition) is 0. The largest absolute Gasteiger partial charge is 0.309 e. The fourth-order valence-electron chi connectivity index (χ4n) is 12.3. The van der Waals surface area contributed by atoms with E-state index in [-0.39, 0.29) is 0 Å². The van der Waals surface area contributed by atoms with Crippen molar-refractivity contribution >= 4 is 105 Å².